The quantitative estimate of drug-likeness (QED) is 0.806. The summed E-state index contributed by atoms with van der Waals surface area (Å²) >= 11 is 1.39. The molecule has 2 N–H and O–H groups in total. The summed E-state index contributed by atoms with van der Waals surface area (Å²) in [7, 11) is 0. The van der Waals surface area contributed by atoms with E-state index in [0.29, 0.717) is 0 Å². The van der Waals surface area contributed by atoms with Crippen molar-refractivity contribution in [2.24, 2.45) is 5.92 Å². The van der Waals surface area contributed by atoms with Gasteiger partial charge in [-0.15, -0.1) is 11.3 Å². The number of rotatable bonds is 4. The zero-order chi connectivity index (χ0) is 10.8. The minimum Gasteiger partial charge on any atom is -0.481 e. The smallest absolute Gasteiger partial charge is 0.306 e. The molecule has 1 heterocycles. The number of aliphatic carboxylic acids is 1. The lowest BCUT2D eigenvalue weighted by Crippen LogP contribution is -2.33. The van der Waals surface area contributed by atoms with Gasteiger partial charge in [0, 0.05) is 4.88 Å². The molecule has 1 rings (SSSR count). The number of carboxylic acids is 1. The van der Waals surface area contributed by atoms with Gasteiger partial charge in [-0.05, 0) is 17.4 Å². The Morgan fingerprint density at radius 3 is 2.64 bits per heavy atom. The first kappa shape index (κ1) is 11.2. The van der Waals surface area contributed by atoms with Gasteiger partial charge in [0.15, 0.2) is 0 Å². The molecule has 0 aliphatic rings. The molecule has 0 aliphatic heterocycles. The Kier molecular flexibility index (Phi) is 3.29. The second-order valence-electron chi connectivity index (χ2n) is 3.63. The highest BCUT2D eigenvalue weighted by Crippen LogP contribution is 2.35. The standard InChI is InChI=1S/C10H14O3S/c1-7(2)10(13,6-9(11)12)8-4-3-5-14-8/h3-5,7,13H,6H2,1-2H3,(H,11,12). The fourth-order valence-corrected chi connectivity index (χ4v) is 2.30. The minimum absolute atomic E-state index is 0.114. The SMILES string of the molecule is CC(C)C(O)(CC(=O)O)c1cccs1. The van der Waals surface area contributed by atoms with E-state index >= 15 is 0 Å². The molecule has 0 radical (unpaired) electrons. The third kappa shape index (κ3) is 2.13. The predicted octanol–water partition coefficient (Wildman–Crippen LogP) is 2.07. The van der Waals surface area contributed by atoms with Crippen LogP contribution in [0.3, 0.4) is 0 Å². The molecule has 0 aliphatic carbocycles. The summed E-state index contributed by atoms with van der Waals surface area (Å²) in [5, 5.41) is 20.8. The van der Waals surface area contributed by atoms with E-state index in [9.17, 15) is 9.90 Å². The first-order valence-electron chi connectivity index (χ1n) is 4.45. The van der Waals surface area contributed by atoms with Crippen LogP contribution in [0.25, 0.3) is 0 Å². The molecule has 3 nitrogen and oxygen atoms in total. The van der Waals surface area contributed by atoms with E-state index in [4.69, 9.17) is 5.11 Å². The molecule has 0 aromatic carbocycles. The third-order valence-corrected chi connectivity index (χ3v) is 3.36. The maximum atomic E-state index is 10.7. The largest absolute Gasteiger partial charge is 0.481 e. The summed E-state index contributed by atoms with van der Waals surface area (Å²) in [4.78, 5) is 11.4. The van der Waals surface area contributed by atoms with Gasteiger partial charge in [0.05, 0.1) is 6.42 Å². The topological polar surface area (TPSA) is 57.5 Å². The van der Waals surface area contributed by atoms with Crippen molar-refractivity contribution < 1.29 is 15.0 Å². The summed E-state index contributed by atoms with van der Waals surface area (Å²) in [5.41, 5.74) is -1.24. The number of carboxylic acid groups (broad SMARTS) is 1. The molecule has 1 atom stereocenters. The lowest BCUT2D eigenvalue weighted by atomic mass is 9.86. The van der Waals surface area contributed by atoms with Crippen LogP contribution in [0, 0.1) is 5.92 Å². The van der Waals surface area contributed by atoms with E-state index in [1.165, 1.54) is 11.3 Å². The van der Waals surface area contributed by atoms with Gasteiger partial charge in [-0.3, -0.25) is 4.79 Å². The first-order chi connectivity index (χ1) is 6.47. The molecule has 0 spiro atoms. The van der Waals surface area contributed by atoms with Gasteiger partial charge in [-0.25, -0.2) is 0 Å². The van der Waals surface area contributed by atoms with Gasteiger partial charge >= 0.3 is 5.97 Å². The average Bonchev–Trinajstić information content (AvgIpc) is 2.53. The van der Waals surface area contributed by atoms with Crippen LogP contribution in [0.2, 0.25) is 0 Å². The summed E-state index contributed by atoms with van der Waals surface area (Å²) < 4.78 is 0. The van der Waals surface area contributed by atoms with E-state index in [2.05, 4.69) is 0 Å². The van der Waals surface area contributed by atoms with Gasteiger partial charge in [-0.2, -0.15) is 0 Å². The Labute approximate surface area is 87.0 Å². The van der Waals surface area contributed by atoms with E-state index < -0.39 is 11.6 Å². The van der Waals surface area contributed by atoms with Gasteiger partial charge in [0.25, 0.3) is 0 Å². The first-order valence-corrected chi connectivity index (χ1v) is 5.33. The molecular weight excluding hydrogens is 200 g/mol. The number of hydrogen-bond donors (Lipinski definition) is 2. The van der Waals surface area contributed by atoms with Crippen LogP contribution in [-0.2, 0) is 10.4 Å². The Morgan fingerprint density at radius 1 is 1.64 bits per heavy atom. The van der Waals surface area contributed by atoms with Crippen molar-refractivity contribution in [1.82, 2.24) is 0 Å². The molecule has 78 valence electrons. The van der Waals surface area contributed by atoms with Crippen molar-refractivity contribution in [2.75, 3.05) is 0 Å². The molecular formula is C10H14O3S. The lowest BCUT2D eigenvalue weighted by Gasteiger charge is -2.29. The fraction of sp³-hybridized carbons (Fsp3) is 0.500. The molecule has 1 aromatic rings. The van der Waals surface area contributed by atoms with Crippen molar-refractivity contribution in [3.05, 3.63) is 22.4 Å². The fourth-order valence-electron chi connectivity index (χ4n) is 1.33. The predicted molar refractivity (Wildman–Crippen MR) is 55.3 cm³/mol. The molecule has 4 heteroatoms. The maximum Gasteiger partial charge on any atom is 0.306 e. The maximum absolute atomic E-state index is 10.7. The van der Waals surface area contributed by atoms with Gasteiger partial charge in [0.1, 0.15) is 5.60 Å². The molecule has 0 saturated heterocycles. The van der Waals surface area contributed by atoms with Crippen molar-refractivity contribution >= 4 is 17.3 Å². The summed E-state index contributed by atoms with van der Waals surface area (Å²) in [6.45, 7) is 3.64. The van der Waals surface area contributed by atoms with E-state index in [1.807, 2.05) is 25.3 Å². The van der Waals surface area contributed by atoms with Crippen LogP contribution in [0.4, 0.5) is 0 Å². The second-order valence-corrected chi connectivity index (χ2v) is 4.57. The van der Waals surface area contributed by atoms with Crippen molar-refractivity contribution in [2.45, 2.75) is 25.9 Å². The van der Waals surface area contributed by atoms with Crippen molar-refractivity contribution in [1.29, 1.82) is 0 Å². The van der Waals surface area contributed by atoms with Crippen LogP contribution in [0.5, 0.6) is 0 Å². The number of carbonyl (C=O) groups is 1. The van der Waals surface area contributed by atoms with Crippen LogP contribution < -0.4 is 0 Å². The molecule has 14 heavy (non-hydrogen) atoms. The Hall–Kier alpha value is -0.870. The Bertz CT molecular complexity index is 305. The summed E-state index contributed by atoms with van der Waals surface area (Å²) in [6.07, 6.45) is -0.245. The molecule has 0 bridgehead atoms. The van der Waals surface area contributed by atoms with E-state index in [0.717, 1.165) is 4.88 Å². The van der Waals surface area contributed by atoms with Crippen LogP contribution in [-0.4, -0.2) is 16.2 Å². The number of hydrogen-bond acceptors (Lipinski definition) is 3. The molecule has 0 saturated carbocycles. The highest BCUT2D eigenvalue weighted by atomic mass is 32.1. The summed E-state index contributed by atoms with van der Waals surface area (Å²) in [5.74, 6) is -1.09. The highest BCUT2D eigenvalue weighted by Gasteiger charge is 2.36. The van der Waals surface area contributed by atoms with Crippen molar-refractivity contribution in [3.8, 4) is 0 Å². The van der Waals surface area contributed by atoms with Crippen LogP contribution in [0.1, 0.15) is 25.1 Å². The molecule has 1 aromatic heterocycles. The lowest BCUT2D eigenvalue weighted by molar-refractivity contribution is -0.145. The van der Waals surface area contributed by atoms with Gasteiger partial charge < -0.3 is 10.2 Å². The minimum atomic E-state index is -1.24. The van der Waals surface area contributed by atoms with E-state index in [-0.39, 0.29) is 12.3 Å². The van der Waals surface area contributed by atoms with E-state index in [1.54, 1.807) is 6.07 Å². The number of aliphatic hydroxyl groups is 1. The van der Waals surface area contributed by atoms with Gasteiger partial charge in [0.2, 0.25) is 0 Å². The number of thiophene rings is 1. The second kappa shape index (κ2) is 4.11. The normalized spacial score (nSPS) is 15.4. The zero-order valence-electron chi connectivity index (χ0n) is 8.23. The average molecular weight is 214 g/mol. The third-order valence-electron chi connectivity index (χ3n) is 2.32. The highest BCUT2D eigenvalue weighted by molar-refractivity contribution is 7.10. The molecule has 0 fully saturated rings. The Morgan fingerprint density at radius 2 is 2.29 bits per heavy atom. The Balaban J connectivity index is 2.99. The van der Waals surface area contributed by atoms with Crippen molar-refractivity contribution in [3.63, 3.8) is 0 Å². The monoisotopic (exact) mass is 214 g/mol. The molecule has 0 amide bonds. The zero-order valence-corrected chi connectivity index (χ0v) is 9.04. The summed E-state index contributed by atoms with van der Waals surface area (Å²) in [6, 6.07) is 3.59. The van der Waals surface area contributed by atoms with Crippen LogP contribution in [0.15, 0.2) is 17.5 Å². The molecule has 1 unspecified atom stereocenters. The van der Waals surface area contributed by atoms with Gasteiger partial charge in [-0.1, -0.05) is 19.9 Å². The van der Waals surface area contributed by atoms with Crippen LogP contribution >= 0.6 is 11.3 Å².